The van der Waals surface area contributed by atoms with Crippen LogP contribution in [0.1, 0.15) is 25.1 Å². The molecule has 0 radical (unpaired) electrons. The summed E-state index contributed by atoms with van der Waals surface area (Å²) in [6.45, 7) is 3.88. The van der Waals surface area contributed by atoms with Crippen LogP contribution in [0.4, 0.5) is 0 Å². The second kappa shape index (κ2) is 5.65. The van der Waals surface area contributed by atoms with Gasteiger partial charge in [0.05, 0.1) is 11.4 Å². The molecule has 22 heavy (non-hydrogen) atoms. The maximum atomic E-state index is 11.2. The molecule has 114 valence electrons. The van der Waals surface area contributed by atoms with Crippen LogP contribution >= 0.6 is 0 Å². The lowest BCUT2D eigenvalue weighted by molar-refractivity contribution is -0.118. The van der Waals surface area contributed by atoms with Gasteiger partial charge in [-0.1, -0.05) is 18.2 Å². The van der Waals surface area contributed by atoms with Crippen LogP contribution in [0.15, 0.2) is 40.7 Å². The minimum atomic E-state index is -0.260. The zero-order chi connectivity index (χ0) is 15.7. The van der Waals surface area contributed by atoms with Crippen molar-refractivity contribution in [2.75, 3.05) is 6.54 Å². The molecule has 1 aliphatic heterocycles. The van der Waals surface area contributed by atoms with Gasteiger partial charge in [-0.3, -0.25) is 20.5 Å². The molecule has 2 heterocycles. The standard InChI is InChI=1S/C16H18N4O2/c1-9(16(20-22)18-10(2)21)14-15-12(7-8-17-14)11-5-3-4-6-13(11)19-15/h3-6,19-20,22H,7-8H2,1-2H3,(H,18,21)/b16-9+. The summed E-state index contributed by atoms with van der Waals surface area (Å²) in [5.74, 6) is -0.0121. The van der Waals surface area contributed by atoms with Gasteiger partial charge in [0.1, 0.15) is 5.82 Å². The SMILES string of the molecule is CC(=O)N/C(NO)=C(/C)C1=NCCc2c1[nH]c1ccccc21. The first kappa shape index (κ1) is 14.3. The highest BCUT2D eigenvalue weighted by Crippen LogP contribution is 2.28. The van der Waals surface area contributed by atoms with E-state index >= 15 is 0 Å². The first-order valence-electron chi connectivity index (χ1n) is 7.15. The molecule has 6 nitrogen and oxygen atoms in total. The van der Waals surface area contributed by atoms with Crippen molar-refractivity contribution >= 4 is 22.5 Å². The summed E-state index contributed by atoms with van der Waals surface area (Å²) in [6.07, 6.45) is 0.873. The fourth-order valence-electron chi connectivity index (χ4n) is 2.83. The van der Waals surface area contributed by atoms with Crippen LogP contribution in [0.25, 0.3) is 10.9 Å². The third-order valence-electron chi connectivity index (χ3n) is 3.83. The van der Waals surface area contributed by atoms with Gasteiger partial charge in [-0.15, -0.1) is 0 Å². The summed E-state index contributed by atoms with van der Waals surface area (Å²) < 4.78 is 0. The summed E-state index contributed by atoms with van der Waals surface area (Å²) in [4.78, 5) is 19.2. The number of allylic oxidation sites excluding steroid dienone is 1. The molecule has 1 aromatic heterocycles. The third kappa shape index (κ3) is 2.37. The lowest BCUT2D eigenvalue weighted by atomic mass is 9.98. The van der Waals surface area contributed by atoms with Crippen molar-refractivity contribution in [3.63, 3.8) is 0 Å². The Morgan fingerprint density at radius 3 is 2.82 bits per heavy atom. The molecule has 1 aromatic carbocycles. The van der Waals surface area contributed by atoms with Crippen LogP contribution in [0, 0.1) is 0 Å². The van der Waals surface area contributed by atoms with E-state index in [1.54, 1.807) is 0 Å². The number of hydrogen-bond donors (Lipinski definition) is 4. The Bertz CT molecular complexity index is 802. The van der Waals surface area contributed by atoms with Gasteiger partial charge >= 0.3 is 0 Å². The van der Waals surface area contributed by atoms with E-state index in [2.05, 4.69) is 21.4 Å². The van der Waals surface area contributed by atoms with Crippen molar-refractivity contribution in [1.29, 1.82) is 0 Å². The number of amides is 1. The zero-order valence-corrected chi connectivity index (χ0v) is 12.5. The van der Waals surface area contributed by atoms with Crippen LogP contribution in [0.3, 0.4) is 0 Å². The molecular weight excluding hydrogens is 280 g/mol. The molecule has 1 amide bonds. The molecule has 0 aliphatic carbocycles. The predicted octanol–water partition coefficient (Wildman–Crippen LogP) is 1.86. The maximum Gasteiger partial charge on any atom is 0.222 e. The largest absolute Gasteiger partial charge is 0.353 e. The van der Waals surface area contributed by atoms with E-state index in [1.165, 1.54) is 17.9 Å². The first-order chi connectivity index (χ1) is 10.6. The summed E-state index contributed by atoms with van der Waals surface area (Å²) in [7, 11) is 0. The number of H-pyrrole nitrogens is 1. The number of carbonyl (C=O) groups is 1. The van der Waals surface area contributed by atoms with E-state index in [-0.39, 0.29) is 11.7 Å². The number of hydroxylamine groups is 1. The molecule has 0 saturated carbocycles. The highest BCUT2D eigenvalue weighted by molar-refractivity contribution is 6.15. The molecule has 0 atom stereocenters. The maximum absolute atomic E-state index is 11.2. The van der Waals surface area contributed by atoms with E-state index in [9.17, 15) is 10.0 Å². The van der Waals surface area contributed by atoms with Gasteiger partial charge in [-0.25, -0.2) is 0 Å². The van der Waals surface area contributed by atoms with E-state index in [0.717, 1.165) is 23.3 Å². The van der Waals surface area contributed by atoms with Gasteiger partial charge in [0, 0.05) is 29.9 Å². The number of benzene rings is 1. The number of rotatable bonds is 3. The first-order valence-corrected chi connectivity index (χ1v) is 7.15. The Morgan fingerprint density at radius 2 is 2.09 bits per heavy atom. The molecule has 3 rings (SSSR count). The Labute approximate surface area is 127 Å². The number of para-hydroxylation sites is 1. The van der Waals surface area contributed by atoms with Crippen molar-refractivity contribution in [3.8, 4) is 0 Å². The molecule has 0 saturated heterocycles. The van der Waals surface area contributed by atoms with Gasteiger partial charge in [0.15, 0.2) is 0 Å². The van der Waals surface area contributed by atoms with E-state index in [1.807, 2.05) is 30.6 Å². The number of fused-ring (bicyclic) bond motifs is 3. The molecule has 6 heteroatoms. The van der Waals surface area contributed by atoms with Crippen molar-refractivity contribution in [3.05, 3.63) is 46.9 Å². The molecule has 4 N–H and O–H groups in total. The highest BCUT2D eigenvalue weighted by Gasteiger charge is 2.22. The number of aliphatic imine (C=N–C) groups is 1. The second-order valence-electron chi connectivity index (χ2n) is 5.30. The number of aromatic amines is 1. The molecule has 0 bridgehead atoms. The lowest BCUT2D eigenvalue weighted by Crippen LogP contribution is -2.31. The number of nitrogens with zero attached hydrogens (tertiary/aromatic N) is 1. The fraction of sp³-hybridized carbons (Fsp3) is 0.250. The van der Waals surface area contributed by atoms with Gasteiger partial charge < -0.3 is 10.3 Å². The van der Waals surface area contributed by atoms with Crippen LogP contribution < -0.4 is 10.8 Å². The second-order valence-corrected chi connectivity index (χ2v) is 5.30. The van der Waals surface area contributed by atoms with Gasteiger partial charge in [-0.2, -0.15) is 0 Å². The monoisotopic (exact) mass is 298 g/mol. The van der Waals surface area contributed by atoms with Gasteiger partial charge in [-0.05, 0) is 25.0 Å². The molecule has 1 aliphatic rings. The minimum absolute atomic E-state index is 0.248. The fourth-order valence-corrected chi connectivity index (χ4v) is 2.83. The molecule has 0 spiro atoms. The molecular formula is C16H18N4O2. The van der Waals surface area contributed by atoms with Gasteiger partial charge in [0.2, 0.25) is 5.91 Å². The summed E-state index contributed by atoms with van der Waals surface area (Å²) in [5.41, 5.74) is 6.72. The van der Waals surface area contributed by atoms with Crippen molar-refractivity contribution in [2.45, 2.75) is 20.3 Å². The average Bonchev–Trinajstić information content (AvgIpc) is 2.90. The number of nitrogens with one attached hydrogen (secondary N) is 3. The lowest BCUT2D eigenvalue weighted by Gasteiger charge is -2.17. The Hall–Kier alpha value is -2.60. The van der Waals surface area contributed by atoms with Crippen molar-refractivity contribution in [1.82, 2.24) is 15.8 Å². The van der Waals surface area contributed by atoms with Crippen LogP contribution in [0.5, 0.6) is 0 Å². The third-order valence-corrected chi connectivity index (χ3v) is 3.83. The number of hydrogen-bond acceptors (Lipinski definition) is 4. The predicted molar refractivity (Wildman–Crippen MR) is 84.8 cm³/mol. The minimum Gasteiger partial charge on any atom is -0.353 e. The number of aromatic nitrogens is 1. The van der Waals surface area contributed by atoms with Crippen LogP contribution in [-0.2, 0) is 11.2 Å². The number of carbonyl (C=O) groups excluding carboxylic acids is 1. The Kier molecular flexibility index (Phi) is 3.68. The Balaban J connectivity index is 2.12. The summed E-state index contributed by atoms with van der Waals surface area (Å²) in [6, 6.07) is 8.12. The van der Waals surface area contributed by atoms with E-state index in [4.69, 9.17) is 0 Å². The van der Waals surface area contributed by atoms with Crippen molar-refractivity contribution in [2.24, 2.45) is 4.99 Å². The van der Waals surface area contributed by atoms with E-state index in [0.29, 0.717) is 12.1 Å². The van der Waals surface area contributed by atoms with E-state index < -0.39 is 0 Å². The normalized spacial score (nSPS) is 15.0. The van der Waals surface area contributed by atoms with Crippen LogP contribution in [0.2, 0.25) is 0 Å². The molecule has 2 aromatic rings. The molecule has 0 unspecified atom stereocenters. The van der Waals surface area contributed by atoms with Crippen LogP contribution in [-0.4, -0.2) is 28.4 Å². The summed E-state index contributed by atoms with van der Waals surface area (Å²) >= 11 is 0. The average molecular weight is 298 g/mol. The summed E-state index contributed by atoms with van der Waals surface area (Å²) in [5, 5.41) is 13.0. The zero-order valence-electron chi connectivity index (χ0n) is 12.5. The smallest absolute Gasteiger partial charge is 0.222 e. The quantitative estimate of drug-likeness (QED) is 0.652. The topological polar surface area (TPSA) is 89.5 Å². The Morgan fingerprint density at radius 1 is 1.32 bits per heavy atom. The molecule has 0 fully saturated rings. The highest BCUT2D eigenvalue weighted by atomic mass is 16.5. The van der Waals surface area contributed by atoms with Crippen molar-refractivity contribution < 1.29 is 10.0 Å². The van der Waals surface area contributed by atoms with Gasteiger partial charge in [0.25, 0.3) is 0 Å².